The minimum absolute atomic E-state index is 0.146. The lowest BCUT2D eigenvalue weighted by Gasteiger charge is -2.14. The number of hydrogen-bond donors (Lipinski definition) is 1. The van der Waals surface area contributed by atoms with Crippen molar-refractivity contribution in [3.05, 3.63) is 35.7 Å². The van der Waals surface area contributed by atoms with Crippen LogP contribution in [0.4, 0.5) is 5.69 Å². The first-order chi connectivity index (χ1) is 12.4. The fourth-order valence-electron chi connectivity index (χ4n) is 2.27. The van der Waals surface area contributed by atoms with Crippen LogP contribution in [-0.4, -0.2) is 31.6 Å². The summed E-state index contributed by atoms with van der Waals surface area (Å²) in [5.41, 5.74) is 1.37. The molecule has 8 heteroatoms. The molecule has 0 spiro atoms. The van der Waals surface area contributed by atoms with Gasteiger partial charge in [-0.1, -0.05) is 13.3 Å². The number of rotatable bonds is 9. The van der Waals surface area contributed by atoms with Crippen molar-refractivity contribution in [3.8, 4) is 11.8 Å². The van der Waals surface area contributed by atoms with Crippen LogP contribution in [0.25, 0.3) is 0 Å². The van der Waals surface area contributed by atoms with E-state index < -0.39 is 10.0 Å². The van der Waals surface area contributed by atoms with Gasteiger partial charge in [-0.3, -0.25) is 4.72 Å². The molecule has 26 heavy (non-hydrogen) atoms. The zero-order valence-corrected chi connectivity index (χ0v) is 16.4. The largest absolute Gasteiger partial charge is 0.494 e. The third-order valence-electron chi connectivity index (χ3n) is 3.66. The van der Waals surface area contributed by atoms with Gasteiger partial charge >= 0.3 is 6.01 Å². The van der Waals surface area contributed by atoms with E-state index in [9.17, 15) is 8.42 Å². The number of ether oxygens (including phenoxy) is 2. The van der Waals surface area contributed by atoms with Crippen molar-refractivity contribution in [1.29, 1.82) is 0 Å². The number of hydrogen-bond acceptors (Lipinski definition) is 6. The smallest absolute Gasteiger partial charge is 0.316 e. The summed E-state index contributed by atoms with van der Waals surface area (Å²) in [6.07, 6.45) is 2.00. The Labute approximate surface area is 154 Å². The molecule has 0 radical (unpaired) electrons. The molecular weight excluding hydrogens is 354 g/mol. The second kappa shape index (κ2) is 8.84. The van der Waals surface area contributed by atoms with Crippen molar-refractivity contribution in [2.45, 2.75) is 45.4 Å². The van der Waals surface area contributed by atoms with E-state index in [1.807, 2.05) is 6.92 Å². The summed E-state index contributed by atoms with van der Waals surface area (Å²) < 4.78 is 38.7. The van der Waals surface area contributed by atoms with E-state index in [0.29, 0.717) is 36.0 Å². The normalized spacial score (nSPS) is 11.2. The molecule has 0 saturated carbocycles. The Bertz CT molecular complexity index is 813. The van der Waals surface area contributed by atoms with Crippen LogP contribution in [0.1, 0.15) is 38.1 Å². The third-order valence-corrected chi connectivity index (χ3v) is 5.03. The van der Waals surface area contributed by atoms with Gasteiger partial charge in [0, 0.05) is 0 Å². The minimum atomic E-state index is -3.75. The maximum atomic E-state index is 12.6. The van der Waals surface area contributed by atoms with Crippen LogP contribution < -0.4 is 14.2 Å². The van der Waals surface area contributed by atoms with E-state index in [2.05, 4.69) is 21.6 Å². The topological polar surface area (TPSA) is 90.4 Å². The predicted molar refractivity (Wildman–Crippen MR) is 100 cm³/mol. The second-order valence-electron chi connectivity index (χ2n) is 5.76. The van der Waals surface area contributed by atoms with Crippen LogP contribution in [0, 0.1) is 13.8 Å². The Balaban J connectivity index is 2.18. The zero-order chi connectivity index (χ0) is 19.2. The monoisotopic (exact) mass is 379 g/mol. The van der Waals surface area contributed by atoms with Crippen LogP contribution in [0.5, 0.6) is 11.8 Å². The highest BCUT2D eigenvalue weighted by Gasteiger charge is 2.19. The highest BCUT2D eigenvalue weighted by molar-refractivity contribution is 7.92. The lowest BCUT2D eigenvalue weighted by molar-refractivity contribution is 0.309. The van der Waals surface area contributed by atoms with Gasteiger partial charge in [0.1, 0.15) is 5.75 Å². The minimum Gasteiger partial charge on any atom is -0.494 e. The molecule has 1 aromatic carbocycles. The van der Waals surface area contributed by atoms with E-state index in [4.69, 9.17) is 9.47 Å². The van der Waals surface area contributed by atoms with Gasteiger partial charge in [-0.05, 0) is 51.5 Å². The number of benzene rings is 1. The van der Waals surface area contributed by atoms with Gasteiger partial charge in [-0.2, -0.15) is 9.97 Å². The molecule has 0 aliphatic carbocycles. The summed E-state index contributed by atoms with van der Waals surface area (Å²) in [6, 6.07) is 6.57. The van der Waals surface area contributed by atoms with Gasteiger partial charge in [0.2, 0.25) is 0 Å². The summed E-state index contributed by atoms with van der Waals surface area (Å²) >= 11 is 0. The average molecular weight is 379 g/mol. The van der Waals surface area contributed by atoms with E-state index in [-0.39, 0.29) is 10.9 Å². The summed E-state index contributed by atoms with van der Waals surface area (Å²) in [5, 5.41) is 0. The lowest BCUT2D eigenvalue weighted by Crippen LogP contribution is -2.16. The summed E-state index contributed by atoms with van der Waals surface area (Å²) in [7, 11) is -3.75. The number of sulfonamides is 1. The highest BCUT2D eigenvalue weighted by Crippen LogP contribution is 2.24. The molecule has 0 aliphatic rings. The van der Waals surface area contributed by atoms with E-state index in [1.165, 1.54) is 12.1 Å². The quantitative estimate of drug-likeness (QED) is 0.671. The van der Waals surface area contributed by atoms with Crippen LogP contribution in [0.15, 0.2) is 29.2 Å². The molecule has 2 aromatic rings. The second-order valence-corrected chi connectivity index (χ2v) is 7.45. The lowest BCUT2D eigenvalue weighted by atomic mass is 10.3. The molecule has 0 bridgehead atoms. The molecule has 0 aliphatic heterocycles. The Hall–Kier alpha value is -2.35. The molecular formula is C18H25N3O4S. The average Bonchev–Trinajstić information content (AvgIpc) is 2.59. The molecule has 1 N–H and O–H groups in total. The van der Waals surface area contributed by atoms with Gasteiger partial charge in [0.15, 0.2) is 0 Å². The van der Waals surface area contributed by atoms with Gasteiger partial charge in [0.05, 0.1) is 35.2 Å². The van der Waals surface area contributed by atoms with Crippen molar-refractivity contribution < 1.29 is 17.9 Å². The Kier molecular flexibility index (Phi) is 6.79. The molecule has 1 heterocycles. The molecule has 7 nitrogen and oxygen atoms in total. The fourth-order valence-corrected chi connectivity index (χ4v) is 3.45. The summed E-state index contributed by atoms with van der Waals surface area (Å²) in [5.74, 6) is 0.647. The summed E-state index contributed by atoms with van der Waals surface area (Å²) in [6.45, 7) is 8.39. The zero-order valence-electron chi connectivity index (χ0n) is 15.6. The standard InChI is InChI=1S/C18H25N3O4S/c1-5-7-12-25-15-8-10-16(11-9-15)26(22,23)21-17-13(3)19-18(24-6-2)20-14(17)4/h8-11,21H,5-7,12H2,1-4H3. The van der Waals surface area contributed by atoms with E-state index in [0.717, 1.165) is 12.8 Å². The molecule has 0 fully saturated rings. The molecule has 0 saturated heterocycles. The number of aryl methyl sites for hydroxylation is 2. The first-order valence-corrected chi connectivity index (χ1v) is 10.1. The first-order valence-electron chi connectivity index (χ1n) is 8.61. The van der Waals surface area contributed by atoms with E-state index >= 15 is 0 Å². The van der Waals surface area contributed by atoms with Gasteiger partial charge < -0.3 is 9.47 Å². The maximum absolute atomic E-state index is 12.6. The molecule has 0 amide bonds. The van der Waals surface area contributed by atoms with Gasteiger partial charge in [-0.25, -0.2) is 8.42 Å². The fraction of sp³-hybridized carbons (Fsp3) is 0.444. The van der Waals surface area contributed by atoms with Crippen LogP contribution in [0.2, 0.25) is 0 Å². The summed E-state index contributed by atoms with van der Waals surface area (Å²) in [4.78, 5) is 8.50. The SMILES string of the molecule is CCCCOc1ccc(S(=O)(=O)Nc2c(C)nc(OCC)nc2C)cc1. The van der Waals surface area contributed by atoms with Crippen molar-refractivity contribution >= 4 is 15.7 Å². The van der Waals surface area contributed by atoms with Crippen molar-refractivity contribution in [3.63, 3.8) is 0 Å². The number of nitrogens with zero attached hydrogens (tertiary/aromatic N) is 2. The third kappa shape index (κ3) is 5.08. The van der Waals surface area contributed by atoms with E-state index in [1.54, 1.807) is 26.0 Å². The van der Waals surface area contributed by atoms with Gasteiger partial charge in [-0.15, -0.1) is 0 Å². The molecule has 2 rings (SSSR count). The molecule has 142 valence electrons. The number of anilines is 1. The van der Waals surface area contributed by atoms with Crippen LogP contribution in [-0.2, 0) is 10.0 Å². The Morgan fingerprint density at radius 3 is 2.15 bits per heavy atom. The molecule has 0 atom stereocenters. The molecule has 0 unspecified atom stereocenters. The predicted octanol–water partition coefficient (Wildman–Crippen LogP) is 3.47. The van der Waals surface area contributed by atoms with Crippen molar-refractivity contribution in [1.82, 2.24) is 9.97 Å². The number of nitrogens with one attached hydrogen (secondary N) is 1. The maximum Gasteiger partial charge on any atom is 0.316 e. The van der Waals surface area contributed by atoms with Crippen LogP contribution in [0.3, 0.4) is 0 Å². The number of aromatic nitrogens is 2. The van der Waals surface area contributed by atoms with Crippen LogP contribution >= 0.6 is 0 Å². The van der Waals surface area contributed by atoms with Gasteiger partial charge in [0.25, 0.3) is 10.0 Å². The molecule has 1 aromatic heterocycles. The number of unbranched alkanes of at least 4 members (excludes halogenated alkanes) is 1. The Morgan fingerprint density at radius 1 is 1.00 bits per heavy atom. The first kappa shape index (κ1) is 20.0. The Morgan fingerprint density at radius 2 is 1.62 bits per heavy atom. The van der Waals surface area contributed by atoms with Crippen molar-refractivity contribution in [2.24, 2.45) is 0 Å². The highest BCUT2D eigenvalue weighted by atomic mass is 32.2. The van der Waals surface area contributed by atoms with Crippen molar-refractivity contribution in [2.75, 3.05) is 17.9 Å².